The second-order valence-corrected chi connectivity index (χ2v) is 4.51. The number of benzene rings is 1. The molecule has 1 unspecified atom stereocenters. The molecule has 3 N–H and O–H groups in total. The van der Waals surface area contributed by atoms with Gasteiger partial charge in [-0.3, -0.25) is 0 Å². The second-order valence-electron chi connectivity index (χ2n) is 4.51. The molecule has 0 saturated carbocycles. The van der Waals surface area contributed by atoms with Crippen LogP contribution in [-0.4, -0.2) is 17.4 Å². The van der Waals surface area contributed by atoms with Crippen LogP contribution in [0.4, 0.5) is 0 Å². The van der Waals surface area contributed by atoms with Gasteiger partial charge in [0, 0.05) is 20.4 Å². The zero-order chi connectivity index (χ0) is 11.9. The number of rotatable bonds is 2. The first kappa shape index (κ1) is 11.2. The molecule has 0 saturated heterocycles. The van der Waals surface area contributed by atoms with Crippen LogP contribution in [0.25, 0.3) is 0 Å². The van der Waals surface area contributed by atoms with E-state index in [-0.39, 0.29) is 6.54 Å². The van der Waals surface area contributed by atoms with Crippen molar-refractivity contribution in [1.82, 2.24) is 0 Å². The Hall–Kier alpha value is -1.26. The predicted octanol–water partition coefficient (Wildman–Crippen LogP) is 1.49. The molecular weight excluding hydrogens is 206 g/mol. The summed E-state index contributed by atoms with van der Waals surface area (Å²) in [5.41, 5.74) is 7.20. The molecule has 4 heteroatoms. The Kier molecular flexibility index (Phi) is 2.56. The standard InChI is InChI=1S/C12H17NO3/c1-7-4-10-11(16-12(2,3)15-10)5-8(7)9(14)6-13/h4-5,9,14H,6,13H2,1-3H3. The first-order valence-electron chi connectivity index (χ1n) is 5.33. The van der Waals surface area contributed by atoms with Crippen molar-refractivity contribution in [3.8, 4) is 11.5 Å². The van der Waals surface area contributed by atoms with Crippen LogP contribution in [0.15, 0.2) is 12.1 Å². The van der Waals surface area contributed by atoms with Crippen molar-refractivity contribution in [1.29, 1.82) is 0 Å². The van der Waals surface area contributed by atoms with Crippen molar-refractivity contribution >= 4 is 0 Å². The van der Waals surface area contributed by atoms with Crippen molar-refractivity contribution in [2.45, 2.75) is 32.7 Å². The van der Waals surface area contributed by atoms with Crippen LogP contribution in [0.2, 0.25) is 0 Å². The Morgan fingerprint density at radius 2 is 1.88 bits per heavy atom. The number of aliphatic hydroxyl groups excluding tert-OH is 1. The second kappa shape index (κ2) is 3.64. The predicted molar refractivity (Wildman–Crippen MR) is 60.5 cm³/mol. The maximum atomic E-state index is 9.75. The number of hydrogen-bond acceptors (Lipinski definition) is 4. The van der Waals surface area contributed by atoms with Gasteiger partial charge in [-0.1, -0.05) is 0 Å². The lowest BCUT2D eigenvalue weighted by Crippen LogP contribution is -2.29. The summed E-state index contributed by atoms with van der Waals surface area (Å²) in [4.78, 5) is 0. The van der Waals surface area contributed by atoms with E-state index in [0.29, 0.717) is 5.75 Å². The number of hydrogen-bond donors (Lipinski definition) is 2. The van der Waals surface area contributed by atoms with Crippen molar-refractivity contribution in [2.24, 2.45) is 5.73 Å². The van der Waals surface area contributed by atoms with Crippen molar-refractivity contribution in [3.05, 3.63) is 23.3 Å². The molecule has 1 aliphatic heterocycles. The monoisotopic (exact) mass is 223 g/mol. The van der Waals surface area contributed by atoms with Gasteiger partial charge in [0.1, 0.15) is 0 Å². The zero-order valence-electron chi connectivity index (χ0n) is 9.78. The Labute approximate surface area is 95.0 Å². The molecule has 0 radical (unpaired) electrons. The summed E-state index contributed by atoms with van der Waals surface area (Å²) in [6.45, 7) is 5.82. The van der Waals surface area contributed by atoms with E-state index < -0.39 is 11.9 Å². The molecule has 1 aromatic rings. The van der Waals surface area contributed by atoms with E-state index in [9.17, 15) is 5.11 Å². The fourth-order valence-corrected chi connectivity index (χ4v) is 1.87. The molecule has 1 aromatic carbocycles. The molecule has 0 spiro atoms. The topological polar surface area (TPSA) is 64.7 Å². The quantitative estimate of drug-likeness (QED) is 0.797. The fraction of sp³-hybridized carbons (Fsp3) is 0.500. The number of aliphatic hydroxyl groups is 1. The van der Waals surface area contributed by atoms with Gasteiger partial charge in [-0.25, -0.2) is 0 Å². The molecule has 16 heavy (non-hydrogen) atoms. The Balaban J connectivity index is 2.41. The van der Waals surface area contributed by atoms with Gasteiger partial charge in [-0.05, 0) is 30.2 Å². The summed E-state index contributed by atoms with van der Waals surface area (Å²) >= 11 is 0. The SMILES string of the molecule is Cc1cc2c(cc1C(O)CN)OC(C)(C)O2. The van der Waals surface area contributed by atoms with E-state index in [4.69, 9.17) is 15.2 Å². The molecule has 0 amide bonds. The minimum Gasteiger partial charge on any atom is -0.449 e. The molecule has 0 aromatic heterocycles. The van der Waals surface area contributed by atoms with E-state index in [0.717, 1.165) is 16.9 Å². The third-order valence-corrected chi connectivity index (χ3v) is 2.63. The molecule has 1 aliphatic rings. The molecule has 0 bridgehead atoms. The summed E-state index contributed by atoms with van der Waals surface area (Å²) < 4.78 is 11.2. The summed E-state index contributed by atoms with van der Waals surface area (Å²) in [5.74, 6) is 0.745. The van der Waals surface area contributed by atoms with Crippen LogP contribution in [0.3, 0.4) is 0 Å². The molecular formula is C12H17NO3. The summed E-state index contributed by atoms with van der Waals surface area (Å²) in [7, 11) is 0. The van der Waals surface area contributed by atoms with Crippen LogP contribution in [0.5, 0.6) is 11.5 Å². The average molecular weight is 223 g/mol. The van der Waals surface area contributed by atoms with Gasteiger partial charge < -0.3 is 20.3 Å². The van der Waals surface area contributed by atoms with Gasteiger partial charge in [0.05, 0.1) is 6.10 Å². The van der Waals surface area contributed by atoms with Crippen LogP contribution < -0.4 is 15.2 Å². The molecule has 0 aliphatic carbocycles. The lowest BCUT2D eigenvalue weighted by molar-refractivity contribution is -0.0432. The minimum atomic E-state index is -0.655. The molecule has 1 heterocycles. The number of nitrogens with two attached hydrogens (primary N) is 1. The highest BCUT2D eigenvalue weighted by Crippen LogP contribution is 2.41. The Morgan fingerprint density at radius 1 is 1.31 bits per heavy atom. The number of fused-ring (bicyclic) bond motifs is 1. The molecule has 0 fully saturated rings. The first-order chi connectivity index (χ1) is 7.43. The molecule has 1 atom stereocenters. The minimum absolute atomic E-state index is 0.198. The Bertz CT molecular complexity index is 415. The zero-order valence-corrected chi connectivity index (χ0v) is 9.78. The number of aryl methyl sites for hydroxylation is 1. The fourth-order valence-electron chi connectivity index (χ4n) is 1.87. The molecule has 2 rings (SSSR count). The van der Waals surface area contributed by atoms with Crippen LogP contribution >= 0.6 is 0 Å². The Morgan fingerprint density at radius 3 is 2.44 bits per heavy atom. The van der Waals surface area contributed by atoms with Crippen molar-refractivity contribution in [3.63, 3.8) is 0 Å². The highest BCUT2D eigenvalue weighted by Gasteiger charge is 2.32. The highest BCUT2D eigenvalue weighted by atomic mass is 16.7. The van der Waals surface area contributed by atoms with E-state index in [1.165, 1.54) is 0 Å². The lowest BCUT2D eigenvalue weighted by atomic mass is 10.0. The van der Waals surface area contributed by atoms with E-state index >= 15 is 0 Å². The molecule has 4 nitrogen and oxygen atoms in total. The average Bonchev–Trinajstić information content (AvgIpc) is 2.48. The summed E-state index contributed by atoms with van der Waals surface area (Å²) in [6, 6.07) is 3.68. The number of ether oxygens (including phenoxy) is 2. The van der Waals surface area contributed by atoms with Gasteiger partial charge in [0.2, 0.25) is 5.79 Å². The van der Waals surface area contributed by atoms with Gasteiger partial charge in [0.25, 0.3) is 0 Å². The summed E-state index contributed by atoms with van der Waals surface area (Å²) in [6.07, 6.45) is -0.655. The summed E-state index contributed by atoms with van der Waals surface area (Å²) in [5, 5.41) is 9.75. The van der Waals surface area contributed by atoms with E-state index in [1.54, 1.807) is 6.07 Å². The van der Waals surface area contributed by atoms with Gasteiger partial charge in [0.15, 0.2) is 11.5 Å². The van der Waals surface area contributed by atoms with Crippen LogP contribution in [0, 0.1) is 6.92 Å². The third-order valence-electron chi connectivity index (χ3n) is 2.63. The smallest absolute Gasteiger partial charge is 0.246 e. The van der Waals surface area contributed by atoms with Gasteiger partial charge >= 0.3 is 0 Å². The van der Waals surface area contributed by atoms with Crippen LogP contribution in [-0.2, 0) is 0 Å². The van der Waals surface area contributed by atoms with Gasteiger partial charge in [-0.15, -0.1) is 0 Å². The highest BCUT2D eigenvalue weighted by molar-refractivity contribution is 5.50. The van der Waals surface area contributed by atoms with E-state index in [1.807, 2.05) is 26.8 Å². The van der Waals surface area contributed by atoms with Crippen LogP contribution in [0.1, 0.15) is 31.1 Å². The molecule has 88 valence electrons. The largest absolute Gasteiger partial charge is 0.449 e. The van der Waals surface area contributed by atoms with E-state index in [2.05, 4.69) is 0 Å². The van der Waals surface area contributed by atoms with Crippen molar-refractivity contribution < 1.29 is 14.6 Å². The normalized spacial score (nSPS) is 18.6. The van der Waals surface area contributed by atoms with Gasteiger partial charge in [-0.2, -0.15) is 0 Å². The van der Waals surface area contributed by atoms with Crippen molar-refractivity contribution in [2.75, 3.05) is 6.54 Å². The lowest BCUT2D eigenvalue weighted by Gasteiger charge is -2.16. The first-order valence-corrected chi connectivity index (χ1v) is 5.33. The maximum Gasteiger partial charge on any atom is 0.246 e. The third kappa shape index (κ3) is 1.86. The maximum absolute atomic E-state index is 9.75.